The second kappa shape index (κ2) is 6.60. The first-order valence-corrected chi connectivity index (χ1v) is 8.23. The lowest BCUT2D eigenvalue weighted by Gasteiger charge is -2.32. The molecule has 0 unspecified atom stereocenters. The Balaban J connectivity index is 1.52. The van der Waals surface area contributed by atoms with Crippen LogP contribution in [0.25, 0.3) is 0 Å². The van der Waals surface area contributed by atoms with Gasteiger partial charge in [-0.05, 0) is 18.9 Å². The highest BCUT2D eigenvalue weighted by molar-refractivity contribution is 5.94. The first kappa shape index (κ1) is 15.7. The summed E-state index contributed by atoms with van der Waals surface area (Å²) in [6.07, 6.45) is 7.46. The average molecular weight is 342 g/mol. The number of aromatic nitrogens is 4. The van der Waals surface area contributed by atoms with Gasteiger partial charge in [0, 0.05) is 31.7 Å². The van der Waals surface area contributed by atoms with Crippen LogP contribution in [0, 0.1) is 0 Å². The number of carbonyl (C=O) groups is 2. The molecule has 9 heteroatoms. The van der Waals surface area contributed by atoms with Crippen LogP contribution in [0.1, 0.15) is 33.8 Å². The van der Waals surface area contributed by atoms with Crippen molar-refractivity contribution in [3.8, 4) is 0 Å². The van der Waals surface area contributed by atoms with Gasteiger partial charge < -0.3 is 15.0 Å². The molecule has 2 aliphatic rings. The summed E-state index contributed by atoms with van der Waals surface area (Å²) < 4.78 is 5.88. The Morgan fingerprint density at radius 3 is 3.00 bits per heavy atom. The first-order valence-electron chi connectivity index (χ1n) is 8.23. The number of fused-ring (bicyclic) bond motifs is 1. The van der Waals surface area contributed by atoms with Crippen molar-refractivity contribution in [1.82, 2.24) is 30.4 Å². The molecule has 0 aromatic carbocycles. The van der Waals surface area contributed by atoms with Crippen molar-refractivity contribution in [3.63, 3.8) is 0 Å². The number of ether oxygens (including phenoxy) is 1. The third kappa shape index (κ3) is 2.98. The van der Waals surface area contributed by atoms with E-state index >= 15 is 0 Å². The highest BCUT2D eigenvalue weighted by Gasteiger charge is 2.47. The molecule has 0 aliphatic carbocycles. The predicted octanol–water partition coefficient (Wildman–Crippen LogP) is 0.00170. The number of hydrogen-bond donors (Lipinski definition) is 2. The number of H-pyrrole nitrogens is 1. The molecular formula is C16H18N6O3. The van der Waals surface area contributed by atoms with Crippen LogP contribution in [0.15, 0.2) is 30.9 Å². The predicted molar refractivity (Wildman–Crippen MR) is 85.7 cm³/mol. The van der Waals surface area contributed by atoms with Crippen LogP contribution in [0.4, 0.5) is 0 Å². The zero-order valence-electron chi connectivity index (χ0n) is 13.5. The smallest absolute Gasteiger partial charge is 0.272 e. The van der Waals surface area contributed by atoms with Crippen molar-refractivity contribution < 1.29 is 14.3 Å². The summed E-state index contributed by atoms with van der Waals surface area (Å²) in [5, 5.41) is 9.48. The van der Waals surface area contributed by atoms with Crippen molar-refractivity contribution >= 4 is 11.8 Å². The molecule has 25 heavy (non-hydrogen) atoms. The van der Waals surface area contributed by atoms with E-state index in [-0.39, 0.29) is 35.7 Å². The van der Waals surface area contributed by atoms with E-state index in [1.165, 1.54) is 18.6 Å². The normalized spacial score (nSPS) is 25.4. The van der Waals surface area contributed by atoms with Crippen LogP contribution >= 0.6 is 0 Å². The second-order valence-electron chi connectivity index (χ2n) is 6.14. The molecule has 0 saturated carbocycles. The van der Waals surface area contributed by atoms with Crippen LogP contribution in [0.2, 0.25) is 0 Å². The van der Waals surface area contributed by atoms with Gasteiger partial charge in [0.25, 0.3) is 11.8 Å². The van der Waals surface area contributed by atoms with Gasteiger partial charge in [-0.3, -0.25) is 19.7 Å². The molecule has 0 bridgehead atoms. The van der Waals surface area contributed by atoms with Crippen LogP contribution in [0.5, 0.6) is 0 Å². The minimum absolute atomic E-state index is 0.0586. The largest absolute Gasteiger partial charge is 0.374 e. The third-order valence-corrected chi connectivity index (χ3v) is 4.63. The molecule has 9 nitrogen and oxygen atoms in total. The molecule has 130 valence electrons. The van der Waals surface area contributed by atoms with Gasteiger partial charge in [0.05, 0.1) is 24.4 Å². The van der Waals surface area contributed by atoms with E-state index in [1.54, 1.807) is 17.2 Å². The molecule has 3 atom stereocenters. The van der Waals surface area contributed by atoms with Gasteiger partial charge in [0.15, 0.2) is 0 Å². The quantitative estimate of drug-likeness (QED) is 0.812. The van der Waals surface area contributed by atoms with Crippen molar-refractivity contribution in [2.24, 2.45) is 0 Å². The fraction of sp³-hybridized carbons (Fsp3) is 0.438. The summed E-state index contributed by atoms with van der Waals surface area (Å²) in [4.78, 5) is 34.8. The van der Waals surface area contributed by atoms with Gasteiger partial charge in [-0.25, -0.2) is 4.98 Å². The van der Waals surface area contributed by atoms with E-state index in [4.69, 9.17) is 4.74 Å². The topological polar surface area (TPSA) is 113 Å². The summed E-state index contributed by atoms with van der Waals surface area (Å²) in [5.74, 6) is -0.448. The zero-order valence-corrected chi connectivity index (χ0v) is 13.5. The maximum Gasteiger partial charge on any atom is 0.272 e. The zero-order chi connectivity index (χ0) is 17.2. The van der Waals surface area contributed by atoms with Crippen molar-refractivity contribution in [2.75, 3.05) is 13.2 Å². The number of rotatable bonds is 3. The Hall–Kier alpha value is -2.81. The molecule has 2 N–H and O–H groups in total. The maximum atomic E-state index is 12.7. The van der Waals surface area contributed by atoms with E-state index in [9.17, 15) is 9.59 Å². The number of amides is 2. The summed E-state index contributed by atoms with van der Waals surface area (Å²) in [5.41, 5.74) is 0.679. The highest BCUT2D eigenvalue weighted by Crippen LogP contribution is 2.30. The SMILES string of the molecule is O=C(N[C@H]1CN(C(=O)c2ccn[nH]2)[C@H]2CCCO[C@@H]12)c1cnccn1. The Labute approximate surface area is 143 Å². The molecule has 0 radical (unpaired) electrons. The summed E-state index contributed by atoms with van der Waals surface area (Å²) in [6.45, 7) is 1.02. The first-order chi connectivity index (χ1) is 12.2. The van der Waals surface area contributed by atoms with Crippen LogP contribution < -0.4 is 5.32 Å². The Morgan fingerprint density at radius 2 is 2.24 bits per heavy atom. The number of nitrogens with zero attached hydrogens (tertiary/aromatic N) is 4. The van der Waals surface area contributed by atoms with Gasteiger partial charge in [-0.15, -0.1) is 0 Å². The molecule has 2 saturated heterocycles. The average Bonchev–Trinajstić information content (AvgIpc) is 3.31. The molecule has 0 spiro atoms. The van der Waals surface area contributed by atoms with Gasteiger partial charge >= 0.3 is 0 Å². The van der Waals surface area contributed by atoms with Crippen LogP contribution in [-0.4, -0.2) is 68.2 Å². The highest BCUT2D eigenvalue weighted by atomic mass is 16.5. The maximum absolute atomic E-state index is 12.7. The van der Waals surface area contributed by atoms with Gasteiger partial charge in [-0.2, -0.15) is 5.10 Å². The van der Waals surface area contributed by atoms with Crippen molar-refractivity contribution in [2.45, 2.75) is 31.0 Å². The van der Waals surface area contributed by atoms with Crippen LogP contribution in [-0.2, 0) is 4.74 Å². The Bertz CT molecular complexity index is 750. The van der Waals surface area contributed by atoms with E-state index < -0.39 is 0 Å². The second-order valence-corrected chi connectivity index (χ2v) is 6.14. The monoisotopic (exact) mass is 342 g/mol. The third-order valence-electron chi connectivity index (χ3n) is 4.63. The van der Waals surface area contributed by atoms with E-state index in [0.717, 1.165) is 12.8 Å². The van der Waals surface area contributed by atoms with E-state index in [0.29, 0.717) is 18.8 Å². The number of aromatic amines is 1. The lowest BCUT2D eigenvalue weighted by Crippen LogP contribution is -2.48. The van der Waals surface area contributed by atoms with Crippen molar-refractivity contribution in [3.05, 3.63) is 42.2 Å². The van der Waals surface area contributed by atoms with Crippen molar-refractivity contribution in [1.29, 1.82) is 0 Å². The van der Waals surface area contributed by atoms with Gasteiger partial charge in [-0.1, -0.05) is 0 Å². The Kier molecular flexibility index (Phi) is 4.14. The summed E-state index contributed by atoms with van der Waals surface area (Å²) >= 11 is 0. The molecule has 4 rings (SSSR count). The van der Waals surface area contributed by atoms with E-state index in [2.05, 4.69) is 25.5 Å². The molecule has 4 heterocycles. The fourth-order valence-corrected chi connectivity index (χ4v) is 3.51. The summed E-state index contributed by atoms with van der Waals surface area (Å²) in [6, 6.07) is 1.30. The van der Waals surface area contributed by atoms with Gasteiger partial charge in [0.1, 0.15) is 11.4 Å². The standard InChI is InChI=1S/C16H18N6O3/c23-15(11-8-17-5-6-18-11)20-12-9-22(13-2-1-7-25-14(12)13)16(24)10-3-4-19-21-10/h3-6,8,12-14H,1-2,7,9H2,(H,19,21)(H,20,23)/t12-,13-,14-/m0/s1. The molecule has 2 fully saturated rings. The fourth-order valence-electron chi connectivity index (χ4n) is 3.51. The number of carbonyl (C=O) groups excluding carboxylic acids is 2. The Morgan fingerprint density at radius 1 is 1.32 bits per heavy atom. The number of nitrogens with one attached hydrogen (secondary N) is 2. The number of hydrogen-bond acceptors (Lipinski definition) is 6. The molecule has 2 aromatic heterocycles. The minimum Gasteiger partial charge on any atom is -0.374 e. The van der Waals surface area contributed by atoms with Gasteiger partial charge in [0.2, 0.25) is 0 Å². The minimum atomic E-state index is -0.318. The lowest BCUT2D eigenvalue weighted by molar-refractivity contribution is -0.0175. The number of likely N-dealkylation sites (tertiary alicyclic amines) is 1. The summed E-state index contributed by atoms with van der Waals surface area (Å²) in [7, 11) is 0. The molecule has 2 amide bonds. The molecule has 2 aromatic rings. The molecular weight excluding hydrogens is 324 g/mol. The lowest BCUT2D eigenvalue weighted by atomic mass is 10.0. The molecule has 2 aliphatic heterocycles. The van der Waals surface area contributed by atoms with E-state index in [1.807, 2.05) is 0 Å². The van der Waals surface area contributed by atoms with Crippen LogP contribution in [0.3, 0.4) is 0 Å².